The number of benzene rings is 1. The van der Waals surface area contributed by atoms with E-state index < -0.39 is 0 Å². The van der Waals surface area contributed by atoms with Gasteiger partial charge in [0.25, 0.3) is 5.91 Å². The lowest BCUT2D eigenvalue weighted by molar-refractivity contribution is -0.121. The summed E-state index contributed by atoms with van der Waals surface area (Å²) in [6.07, 6.45) is 5.56. The molecular weight excluding hydrogens is 376 g/mol. The molecule has 1 aromatic carbocycles. The minimum atomic E-state index is -0.349. The third-order valence-corrected chi connectivity index (χ3v) is 4.87. The van der Waals surface area contributed by atoms with Crippen molar-refractivity contribution in [2.24, 2.45) is 0 Å². The Morgan fingerprint density at radius 1 is 1.12 bits per heavy atom. The van der Waals surface area contributed by atoms with Crippen LogP contribution in [0.1, 0.15) is 42.5 Å². The van der Waals surface area contributed by atoms with Crippen LogP contribution in [0.25, 0.3) is 0 Å². The maximum absolute atomic E-state index is 12.3. The van der Waals surface area contributed by atoms with Gasteiger partial charge < -0.3 is 20.1 Å². The predicted molar refractivity (Wildman–Crippen MR) is 94.6 cm³/mol. The van der Waals surface area contributed by atoms with E-state index >= 15 is 0 Å². The Balaban J connectivity index is 1.93. The first-order chi connectivity index (χ1) is 11.5. The summed E-state index contributed by atoms with van der Waals surface area (Å²) < 4.78 is 11.1. The Hall–Kier alpha value is -1.76. The van der Waals surface area contributed by atoms with Crippen LogP contribution in [-0.4, -0.2) is 38.6 Å². The quantitative estimate of drug-likeness (QED) is 0.771. The number of ether oxygens (including phenoxy) is 2. The summed E-state index contributed by atoms with van der Waals surface area (Å²) in [5.74, 6) is 0.474. The van der Waals surface area contributed by atoms with Crippen molar-refractivity contribution >= 4 is 27.7 Å². The van der Waals surface area contributed by atoms with E-state index in [2.05, 4.69) is 26.6 Å². The van der Waals surface area contributed by atoms with Crippen molar-refractivity contribution in [3.8, 4) is 11.5 Å². The molecule has 2 N–H and O–H groups in total. The molecule has 2 rings (SSSR count). The number of hydrogen-bond donors (Lipinski definition) is 2. The van der Waals surface area contributed by atoms with Gasteiger partial charge in [-0.3, -0.25) is 9.59 Å². The lowest BCUT2D eigenvalue weighted by Crippen LogP contribution is -2.42. The monoisotopic (exact) mass is 398 g/mol. The molecule has 0 unspecified atom stereocenters. The van der Waals surface area contributed by atoms with Crippen molar-refractivity contribution in [1.29, 1.82) is 0 Å². The molecule has 24 heavy (non-hydrogen) atoms. The largest absolute Gasteiger partial charge is 0.495 e. The highest BCUT2D eigenvalue weighted by Gasteiger charge is 2.18. The lowest BCUT2D eigenvalue weighted by Gasteiger charge is -2.22. The molecule has 1 aromatic rings. The normalized spacial score (nSPS) is 14.8. The van der Waals surface area contributed by atoms with E-state index in [0.29, 0.717) is 21.5 Å². The van der Waals surface area contributed by atoms with E-state index in [0.717, 1.165) is 25.7 Å². The molecule has 2 amide bonds. The summed E-state index contributed by atoms with van der Waals surface area (Å²) in [7, 11) is 3.03. The molecule has 6 nitrogen and oxygen atoms in total. The van der Waals surface area contributed by atoms with Crippen molar-refractivity contribution in [2.75, 3.05) is 20.8 Å². The molecule has 1 fully saturated rings. The second kappa shape index (κ2) is 8.92. The van der Waals surface area contributed by atoms with Crippen molar-refractivity contribution < 1.29 is 19.1 Å². The number of nitrogens with one attached hydrogen (secondary N) is 2. The second-order valence-corrected chi connectivity index (χ2v) is 6.57. The van der Waals surface area contributed by atoms with Crippen LogP contribution < -0.4 is 20.1 Å². The molecule has 0 saturated heterocycles. The molecule has 0 spiro atoms. The van der Waals surface area contributed by atoms with E-state index in [4.69, 9.17) is 9.47 Å². The predicted octanol–water partition coefficient (Wildman–Crippen LogP) is 2.65. The average molecular weight is 399 g/mol. The first-order valence-corrected chi connectivity index (χ1v) is 8.83. The van der Waals surface area contributed by atoms with Gasteiger partial charge >= 0.3 is 0 Å². The summed E-state index contributed by atoms with van der Waals surface area (Å²) in [6, 6.07) is 3.43. The maximum Gasteiger partial charge on any atom is 0.251 e. The van der Waals surface area contributed by atoms with Gasteiger partial charge in [-0.15, -0.1) is 0 Å². The van der Waals surface area contributed by atoms with Crippen LogP contribution in [0.5, 0.6) is 11.5 Å². The zero-order chi connectivity index (χ0) is 17.5. The van der Waals surface area contributed by atoms with E-state index in [1.165, 1.54) is 20.6 Å². The number of carbonyl (C=O) groups is 2. The number of amides is 2. The van der Waals surface area contributed by atoms with Crippen molar-refractivity contribution in [3.05, 3.63) is 22.2 Å². The Kier molecular flexibility index (Phi) is 6.90. The number of methoxy groups -OCH3 is 2. The zero-order valence-corrected chi connectivity index (χ0v) is 15.6. The molecule has 0 aliphatic heterocycles. The molecule has 1 aliphatic carbocycles. The first kappa shape index (κ1) is 18.6. The fourth-order valence-electron chi connectivity index (χ4n) is 2.79. The minimum absolute atomic E-state index is 0.0456. The SMILES string of the molecule is COc1cc(C(=O)NCC(=O)NC2CCCCC2)cc(OC)c1Br. The van der Waals surface area contributed by atoms with Gasteiger partial charge in [-0.25, -0.2) is 0 Å². The second-order valence-electron chi connectivity index (χ2n) is 5.78. The molecule has 0 bridgehead atoms. The Morgan fingerprint density at radius 2 is 1.71 bits per heavy atom. The average Bonchev–Trinajstić information content (AvgIpc) is 2.60. The van der Waals surface area contributed by atoms with Crippen LogP contribution in [0, 0.1) is 0 Å². The molecular formula is C17H23BrN2O4. The Morgan fingerprint density at radius 3 is 2.25 bits per heavy atom. The van der Waals surface area contributed by atoms with Gasteiger partial charge in [-0.1, -0.05) is 19.3 Å². The molecule has 0 atom stereocenters. The van der Waals surface area contributed by atoms with Gasteiger partial charge in [0, 0.05) is 11.6 Å². The first-order valence-electron chi connectivity index (χ1n) is 8.04. The molecule has 7 heteroatoms. The van der Waals surface area contributed by atoms with Gasteiger partial charge in [0.2, 0.25) is 5.91 Å². The Labute approximate surface area is 150 Å². The number of carbonyl (C=O) groups excluding carboxylic acids is 2. The number of rotatable bonds is 6. The standard InChI is InChI=1S/C17H23BrN2O4/c1-23-13-8-11(9-14(24-2)16(13)18)17(22)19-10-15(21)20-12-6-4-3-5-7-12/h8-9,12H,3-7,10H2,1-2H3,(H,19,22)(H,20,21). The molecule has 132 valence electrons. The van der Waals surface area contributed by atoms with Gasteiger partial charge in [0.1, 0.15) is 16.0 Å². The highest BCUT2D eigenvalue weighted by Crippen LogP contribution is 2.35. The summed E-state index contributed by atoms with van der Waals surface area (Å²) >= 11 is 3.36. The van der Waals surface area contributed by atoms with Crippen LogP contribution in [-0.2, 0) is 4.79 Å². The number of halogens is 1. The third-order valence-electron chi connectivity index (χ3n) is 4.09. The molecule has 0 aromatic heterocycles. The lowest BCUT2D eigenvalue weighted by atomic mass is 9.95. The molecule has 0 heterocycles. The highest BCUT2D eigenvalue weighted by molar-refractivity contribution is 9.10. The van der Waals surface area contributed by atoms with Gasteiger partial charge in [0.05, 0.1) is 20.8 Å². The van der Waals surface area contributed by atoms with E-state index in [9.17, 15) is 9.59 Å². The minimum Gasteiger partial charge on any atom is -0.495 e. The van der Waals surface area contributed by atoms with Crippen LogP contribution >= 0.6 is 15.9 Å². The third kappa shape index (κ3) is 4.87. The number of hydrogen-bond acceptors (Lipinski definition) is 4. The van der Waals surface area contributed by atoms with Gasteiger partial charge in [-0.05, 0) is 40.9 Å². The van der Waals surface area contributed by atoms with Crippen molar-refractivity contribution in [1.82, 2.24) is 10.6 Å². The molecule has 1 saturated carbocycles. The topological polar surface area (TPSA) is 76.7 Å². The van der Waals surface area contributed by atoms with E-state index in [1.54, 1.807) is 12.1 Å². The summed E-state index contributed by atoms with van der Waals surface area (Å²) in [5, 5.41) is 5.60. The highest BCUT2D eigenvalue weighted by atomic mass is 79.9. The summed E-state index contributed by atoms with van der Waals surface area (Å²) in [6.45, 7) is -0.0456. The van der Waals surface area contributed by atoms with Crippen molar-refractivity contribution in [3.63, 3.8) is 0 Å². The summed E-state index contributed by atoms with van der Waals surface area (Å²) in [4.78, 5) is 24.2. The smallest absolute Gasteiger partial charge is 0.251 e. The summed E-state index contributed by atoms with van der Waals surface area (Å²) in [5.41, 5.74) is 0.373. The van der Waals surface area contributed by atoms with Crippen molar-refractivity contribution in [2.45, 2.75) is 38.1 Å². The van der Waals surface area contributed by atoms with Crippen LogP contribution in [0.4, 0.5) is 0 Å². The fourth-order valence-corrected chi connectivity index (χ4v) is 3.34. The molecule has 1 aliphatic rings. The van der Waals surface area contributed by atoms with Crippen LogP contribution in [0.3, 0.4) is 0 Å². The van der Waals surface area contributed by atoms with E-state index in [1.807, 2.05) is 0 Å². The van der Waals surface area contributed by atoms with Gasteiger partial charge in [0.15, 0.2) is 0 Å². The zero-order valence-electron chi connectivity index (χ0n) is 14.0. The maximum atomic E-state index is 12.3. The molecule has 0 radical (unpaired) electrons. The van der Waals surface area contributed by atoms with Crippen LogP contribution in [0.2, 0.25) is 0 Å². The van der Waals surface area contributed by atoms with Crippen LogP contribution in [0.15, 0.2) is 16.6 Å². The Bertz CT molecular complexity index is 575. The van der Waals surface area contributed by atoms with Gasteiger partial charge in [-0.2, -0.15) is 0 Å². The fraction of sp³-hybridized carbons (Fsp3) is 0.529. The van der Waals surface area contributed by atoms with E-state index in [-0.39, 0.29) is 24.4 Å².